The second-order valence-electron chi connectivity index (χ2n) is 4.53. The van der Waals surface area contributed by atoms with Crippen molar-refractivity contribution in [2.75, 3.05) is 0 Å². The van der Waals surface area contributed by atoms with Gasteiger partial charge >= 0.3 is 5.97 Å². The number of rotatable bonds is 6. The van der Waals surface area contributed by atoms with E-state index in [1.54, 1.807) is 31.2 Å². The maximum Gasteiger partial charge on any atom is 0.326 e. The van der Waals surface area contributed by atoms with Gasteiger partial charge in [-0.3, -0.25) is 4.79 Å². The SMILES string of the molecule is CCC(C)[C@H](NC(=O)c1ccc(CO)cc1)C(=O)O. The fourth-order valence-electron chi connectivity index (χ4n) is 1.67. The molecule has 0 radical (unpaired) electrons. The maximum atomic E-state index is 11.9. The van der Waals surface area contributed by atoms with Crippen LogP contribution in [0.5, 0.6) is 0 Å². The van der Waals surface area contributed by atoms with Crippen LogP contribution in [0.15, 0.2) is 24.3 Å². The van der Waals surface area contributed by atoms with E-state index >= 15 is 0 Å². The highest BCUT2D eigenvalue weighted by Crippen LogP contribution is 2.10. The van der Waals surface area contributed by atoms with E-state index in [-0.39, 0.29) is 12.5 Å². The number of carbonyl (C=O) groups excluding carboxylic acids is 1. The van der Waals surface area contributed by atoms with Crippen LogP contribution >= 0.6 is 0 Å². The smallest absolute Gasteiger partial charge is 0.326 e. The molecule has 0 aliphatic rings. The second-order valence-corrected chi connectivity index (χ2v) is 4.53. The van der Waals surface area contributed by atoms with E-state index in [1.807, 2.05) is 6.92 Å². The van der Waals surface area contributed by atoms with Crippen molar-refractivity contribution in [3.63, 3.8) is 0 Å². The third-order valence-electron chi connectivity index (χ3n) is 3.16. The number of nitrogens with one attached hydrogen (secondary N) is 1. The van der Waals surface area contributed by atoms with Gasteiger partial charge in [0.15, 0.2) is 0 Å². The number of aliphatic hydroxyl groups excluding tert-OH is 1. The molecule has 1 rings (SSSR count). The van der Waals surface area contributed by atoms with Gasteiger partial charge in [-0.05, 0) is 23.6 Å². The Kier molecular flexibility index (Phi) is 5.51. The van der Waals surface area contributed by atoms with Gasteiger partial charge in [0.1, 0.15) is 6.04 Å². The first-order valence-electron chi connectivity index (χ1n) is 6.23. The molecule has 1 amide bonds. The summed E-state index contributed by atoms with van der Waals surface area (Å²) >= 11 is 0. The zero-order valence-corrected chi connectivity index (χ0v) is 11.1. The Labute approximate surface area is 112 Å². The lowest BCUT2D eigenvalue weighted by molar-refractivity contribution is -0.140. The molecule has 19 heavy (non-hydrogen) atoms. The molecule has 104 valence electrons. The topological polar surface area (TPSA) is 86.6 Å². The molecule has 5 nitrogen and oxygen atoms in total. The third kappa shape index (κ3) is 4.06. The lowest BCUT2D eigenvalue weighted by atomic mass is 9.99. The van der Waals surface area contributed by atoms with Gasteiger partial charge < -0.3 is 15.5 Å². The zero-order valence-electron chi connectivity index (χ0n) is 11.1. The lowest BCUT2D eigenvalue weighted by Gasteiger charge is -2.20. The summed E-state index contributed by atoms with van der Waals surface area (Å²) < 4.78 is 0. The molecule has 3 N–H and O–H groups in total. The van der Waals surface area contributed by atoms with Gasteiger partial charge in [-0.1, -0.05) is 32.4 Å². The first kappa shape index (κ1) is 15.2. The van der Waals surface area contributed by atoms with Crippen LogP contribution in [-0.4, -0.2) is 28.1 Å². The Morgan fingerprint density at radius 1 is 1.26 bits per heavy atom. The summed E-state index contributed by atoms with van der Waals surface area (Å²) in [5.41, 5.74) is 1.08. The number of hydrogen-bond donors (Lipinski definition) is 3. The first-order chi connectivity index (χ1) is 8.99. The highest BCUT2D eigenvalue weighted by atomic mass is 16.4. The van der Waals surface area contributed by atoms with Crippen LogP contribution in [0.3, 0.4) is 0 Å². The van der Waals surface area contributed by atoms with E-state index < -0.39 is 17.9 Å². The van der Waals surface area contributed by atoms with E-state index in [1.165, 1.54) is 0 Å². The van der Waals surface area contributed by atoms with E-state index in [9.17, 15) is 9.59 Å². The maximum absolute atomic E-state index is 11.9. The number of aliphatic carboxylic acids is 1. The molecule has 1 aromatic rings. The third-order valence-corrected chi connectivity index (χ3v) is 3.16. The van der Waals surface area contributed by atoms with Gasteiger partial charge in [0.25, 0.3) is 5.91 Å². The Morgan fingerprint density at radius 2 is 1.84 bits per heavy atom. The summed E-state index contributed by atoms with van der Waals surface area (Å²) in [6, 6.07) is 5.50. The van der Waals surface area contributed by atoms with Gasteiger partial charge in [0, 0.05) is 5.56 Å². The molecule has 0 saturated heterocycles. The van der Waals surface area contributed by atoms with Crippen LogP contribution in [0, 0.1) is 5.92 Å². The largest absolute Gasteiger partial charge is 0.480 e. The molecule has 1 aromatic carbocycles. The van der Waals surface area contributed by atoms with Crippen molar-refractivity contribution >= 4 is 11.9 Å². The van der Waals surface area contributed by atoms with Crippen molar-refractivity contribution in [2.24, 2.45) is 5.92 Å². The predicted molar refractivity (Wildman–Crippen MR) is 70.7 cm³/mol. The van der Waals surface area contributed by atoms with Gasteiger partial charge in [0.05, 0.1) is 6.61 Å². The quantitative estimate of drug-likeness (QED) is 0.725. The number of carbonyl (C=O) groups is 2. The number of hydrogen-bond acceptors (Lipinski definition) is 3. The second kappa shape index (κ2) is 6.89. The van der Waals surface area contributed by atoms with Crippen molar-refractivity contribution in [2.45, 2.75) is 32.9 Å². The number of carboxylic acids is 1. The number of amides is 1. The van der Waals surface area contributed by atoms with Crippen LogP contribution in [0.2, 0.25) is 0 Å². The summed E-state index contributed by atoms with van der Waals surface area (Å²) in [5.74, 6) is -1.59. The molecule has 0 saturated carbocycles. The Morgan fingerprint density at radius 3 is 2.26 bits per heavy atom. The predicted octanol–water partition coefficient (Wildman–Crippen LogP) is 1.41. The summed E-state index contributed by atoms with van der Waals surface area (Å²) in [6.07, 6.45) is 0.667. The van der Waals surface area contributed by atoms with Gasteiger partial charge in [0.2, 0.25) is 0 Å². The number of carboxylic acid groups (broad SMARTS) is 1. The van der Waals surface area contributed by atoms with E-state index in [4.69, 9.17) is 10.2 Å². The average Bonchev–Trinajstić information content (AvgIpc) is 2.43. The monoisotopic (exact) mass is 265 g/mol. The molecule has 5 heteroatoms. The van der Waals surface area contributed by atoms with Crippen LogP contribution in [-0.2, 0) is 11.4 Å². The molecule has 0 aliphatic heterocycles. The molecule has 0 aromatic heterocycles. The zero-order chi connectivity index (χ0) is 14.4. The van der Waals surface area contributed by atoms with E-state index in [2.05, 4.69) is 5.32 Å². The standard InChI is InChI=1S/C14H19NO4/c1-3-9(2)12(14(18)19)15-13(17)11-6-4-10(8-16)5-7-11/h4-7,9,12,16H,3,8H2,1-2H3,(H,15,17)(H,18,19)/t9?,12-/m0/s1. The van der Waals surface area contributed by atoms with Crippen molar-refractivity contribution in [1.29, 1.82) is 0 Å². The molecule has 0 fully saturated rings. The van der Waals surface area contributed by atoms with Crippen molar-refractivity contribution in [3.05, 3.63) is 35.4 Å². The van der Waals surface area contributed by atoms with Gasteiger partial charge in [-0.25, -0.2) is 4.79 Å². The molecule has 2 atom stereocenters. The lowest BCUT2D eigenvalue weighted by Crippen LogP contribution is -2.45. The first-order valence-corrected chi connectivity index (χ1v) is 6.23. The van der Waals surface area contributed by atoms with E-state index in [0.717, 1.165) is 0 Å². The summed E-state index contributed by atoms with van der Waals surface area (Å²) in [6.45, 7) is 3.57. The Bertz CT molecular complexity index is 441. The van der Waals surface area contributed by atoms with Crippen LogP contribution in [0.1, 0.15) is 36.2 Å². The number of benzene rings is 1. The summed E-state index contributed by atoms with van der Waals surface area (Å²) in [5, 5.41) is 20.5. The van der Waals surface area contributed by atoms with Crippen molar-refractivity contribution < 1.29 is 19.8 Å². The molecule has 0 aliphatic carbocycles. The molecule has 1 unspecified atom stereocenters. The van der Waals surface area contributed by atoms with Crippen molar-refractivity contribution in [1.82, 2.24) is 5.32 Å². The highest BCUT2D eigenvalue weighted by molar-refractivity contribution is 5.96. The average molecular weight is 265 g/mol. The molecule has 0 heterocycles. The minimum Gasteiger partial charge on any atom is -0.480 e. The minimum absolute atomic E-state index is 0.0908. The number of aliphatic hydroxyl groups is 1. The van der Waals surface area contributed by atoms with Crippen LogP contribution in [0.4, 0.5) is 0 Å². The van der Waals surface area contributed by atoms with E-state index in [0.29, 0.717) is 17.5 Å². The molecular weight excluding hydrogens is 246 g/mol. The minimum atomic E-state index is -1.03. The molecule has 0 bridgehead atoms. The Balaban J connectivity index is 2.78. The highest BCUT2D eigenvalue weighted by Gasteiger charge is 2.25. The van der Waals surface area contributed by atoms with Crippen LogP contribution in [0.25, 0.3) is 0 Å². The van der Waals surface area contributed by atoms with Gasteiger partial charge in [-0.2, -0.15) is 0 Å². The fourth-order valence-corrected chi connectivity index (χ4v) is 1.67. The normalized spacial score (nSPS) is 13.6. The summed E-state index contributed by atoms with van der Waals surface area (Å²) in [4.78, 5) is 23.1. The summed E-state index contributed by atoms with van der Waals surface area (Å²) in [7, 11) is 0. The Hall–Kier alpha value is -1.88. The molecular formula is C14H19NO4. The van der Waals surface area contributed by atoms with Gasteiger partial charge in [-0.15, -0.1) is 0 Å². The van der Waals surface area contributed by atoms with Crippen LogP contribution < -0.4 is 5.32 Å². The molecule has 0 spiro atoms. The van der Waals surface area contributed by atoms with Crippen molar-refractivity contribution in [3.8, 4) is 0 Å². The fraction of sp³-hybridized carbons (Fsp3) is 0.429.